The number of oxazole rings is 1. The Balaban J connectivity index is 1.77. The van der Waals surface area contributed by atoms with Crippen LogP contribution >= 0.6 is 0 Å². The summed E-state index contributed by atoms with van der Waals surface area (Å²) < 4.78 is 43.3. The number of benzene rings is 2. The molecule has 4 nitrogen and oxygen atoms in total. The van der Waals surface area contributed by atoms with Gasteiger partial charge < -0.3 is 9.32 Å². The van der Waals surface area contributed by atoms with E-state index in [-0.39, 0.29) is 17.5 Å². The van der Waals surface area contributed by atoms with Crippen LogP contribution in [0.25, 0.3) is 11.5 Å². The number of aromatic nitrogens is 1. The van der Waals surface area contributed by atoms with Crippen molar-refractivity contribution in [3.63, 3.8) is 0 Å². The van der Waals surface area contributed by atoms with Crippen LogP contribution in [0.2, 0.25) is 0 Å². The smallest absolute Gasteiger partial charge is 0.416 e. The summed E-state index contributed by atoms with van der Waals surface area (Å²) in [6.07, 6.45) is -3.18. The van der Waals surface area contributed by atoms with Gasteiger partial charge in [0.2, 0.25) is 5.89 Å². The van der Waals surface area contributed by atoms with Crippen molar-refractivity contribution in [3.8, 4) is 11.5 Å². The Morgan fingerprint density at radius 3 is 2.33 bits per heavy atom. The second-order valence-electron chi connectivity index (χ2n) is 5.92. The first-order valence-electron chi connectivity index (χ1n) is 8.35. The fourth-order valence-corrected chi connectivity index (χ4v) is 2.60. The summed E-state index contributed by atoms with van der Waals surface area (Å²) in [7, 11) is 0. The van der Waals surface area contributed by atoms with Crippen LogP contribution in [0, 0.1) is 0 Å². The van der Waals surface area contributed by atoms with Gasteiger partial charge in [0.25, 0.3) is 5.91 Å². The first-order valence-corrected chi connectivity index (χ1v) is 8.35. The Labute approximate surface area is 154 Å². The van der Waals surface area contributed by atoms with Crippen LogP contribution in [-0.2, 0) is 12.7 Å². The van der Waals surface area contributed by atoms with Gasteiger partial charge in [-0.05, 0) is 36.8 Å². The highest BCUT2D eigenvalue weighted by Crippen LogP contribution is 2.30. The van der Waals surface area contributed by atoms with Gasteiger partial charge in [-0.25, -0.2) is 4.98 Å². The summed E-state index contributed by atoms with van der Waals surface area (Å²) in [4.78, 5) is 18.4. The van der Waals surface area contributed by atoms with Crippen molar-refractivity contribution in [2.75, 3.05) is 6.54 Å². The molecular formula is C20H17F3N2O2. The van der Waals surface area contributed by atoms with Crippen molar-refractivity contribution >= 4 is 5.91 Å². The van der Waals surface area contributed by atoms with Gasteiger partial charge in [0, 0.05) is 18.7 Å². The average Bonchev–Trinajstić information content (AvgIpc) is 3.16. The summed E-state index contributed by atoms with van der Waals surface area (Å²) in [5.74, 6) is -0.203. The molecule has 27 heavy (non-hydrogen) atoms. The molecule has 1 heterocycles. The normalized spacial score (nSPS) is 11.4. The molecule has 0 aliphatic heterocycles. The number of alkyl halides is 3. The summed E-state index contributed by atoms with van der Waals surface area (Å²) in [5.41, 5.74) is 0.712. The Kier molecular flexibility index (Phi) is 5.30. The summed E-state index contributed by atoms with van der Waals surface area (Å²) in [6, 6.07) is 14.0. The molecule has 0 unspecified atom stereocenters. The lowest BCUT2D eigenvalue weighted by Crippen LogP contribution is -2.30. The topological polar surface area (TPSA) is 46.3 Å². The fourth-order valence-electron chi connectivity index (χ4n) is 2.60. The molecule has 0 aliphatic rings. The third-order valence-corrected chi connectivity index (χ3v) is 4.07. The molecule has 0 atom stereocenters. The van der Waals surface area contributed by atoms with E-state index in [1.807, 2.05) is 37.3 Å². The number of carbonyl (C=O) groups is 1. The quantitative estimate of drug-likeness (QED) is 0.630. The SMILES string of the molecule is CCN(Cc1ccccc1)C(=O)c1coc(-c2ccc(C(F)(F)F)cc2)n1. The Bertz CT molecular complexity index is 903. The Hall–Kier alpha value is -3.09. The van der Waals surface area contributed by atoms with E-state index in [2.05, 4.69) is 4.98 Å². The second kappa shape index (κ2) is 7.65. The van der Waals surface area contributed by atoms with E-state index in [4.69, 9.17) is 4.42 Å². The van der Waals surface area contributed by atoms with Gasteiger partial charge in [0.1, 0.15) is 6.26 Å². The minimum Gasteiger partial charge on any atom is -0.444 e. The van der Waals surface area contributed by atoms with Crippen molar-refractivity contribution in [2.45, 2.75) is 19.6 Å². The maximum atomic E-state index is 12.7. The highest BCUT2D eigenvalue weighted by molar-refractivity contribution is 5.92. The number of nitrogens with zero attached hydrogens (tertiary/aromatic N) is 2. The van der Waals surface area contributed by atoms with Crippen LogP contribution in [0.5, 0.6) is 0 Å². The third kappa shape index (κ3) is 4.36. The van der Waals surface area contributed by atoms with E-state index in [9.17, 15) is 18.0 Å². The number of halogens is 3. The standard InChI is InChI=1S/C20H17F3N2O2/c1-2-25(12-14-6-4-3-5-7-14)19(26)17-13-27-18(24-17)15-8-10-16(11-9-15)20(21,22)23/h3-11,13H,2,12H2,1H3. The van der Waals surface area contributed by atoms with Crippen molar-refractivity contribution in [2.24, 2.45) is 0 Å². The van der Waals surface area contributed by atoms with Gasteiger partial charge in [-0.1, -0.05) is 30.3 Å². The van der Waals surface area contributed by atoms with Gasteiger partial charge in [0.15, 0.2) is 5.69 Å². The molecule has 3 rings (SSSR count). The van der Waals surface area contributed by atoms with E-state index in [1.165, 1.54) is 18.4 Å². The molecule has 0 saturated heterocycles. The zero-order valence-electron chi connectivity index (χ0n) is 14.5. The average molecular weight is 374 g/mol. The van der Waals surface area contributed by atoms with Crippen molar-refractivity contribution in [1.82, 2.24) is 9.88 Å². The number of carbonyl (C=O) groups excluding carboxylic acids is 1. The van der Waals surface area contributed by atoms with E-state index in [0.29, 0.717) is 18.7 Å². The summed E-state index contributed by atoms with van der Waals surface area (Å²) in [5, 5.41) is 0. The molecule has 0 radical (unpaired) electrons. The lowest BCUT2D eigenvalue weighted by Gasteiger charge is -2.19. The molecule has 0 saturated carbocycles. The highest BCUT2D eigenvalue weighted by atomic mass is 19.4. The highest BCUT2D eigenvalue weighted by Gasteiger charge is 2.30. The predicted octanol–water partition coefficient (Wildman–Crippen LogP) is 5.02. The molecule has 0 bridgehead atoms. The zero-order valence-corrected chi connectivity index (χ0v) is 14.5. The van der Waals surface area contributed by atoms with Crippen LogP contribution in [0.4, 0.5) is 13.2 Å². The van der Waals surface area contributed by atoms with Crippen molar-refractivity contribution < 1.29 is 22.4 Å². The van der Waals surface area contributed by atoms with Gasteiger partial charge in [-0.2, -0.15) is 13.2 Å². The predicted molar refractivity (Wildman–Crippen MR) is 93.8 cm³/mol. The summed E-state index contributed by atoms with van der Waals surface area (Å²) in [6.45, 7) is 2.77. The minimum absolute atomic E-state index is 0.0999. The first kappa shape index (κ1) is 18.7. The van der Waals surface area contributed by atoms with Crippen molar-refractivity contribution in [1.29, 1.82) is 0 Å². The Morgan fingerprint density at radius 1 is 1.07 bits per heavy atom. The van der Waals surface area contributed by atoms with E-state index < -0.39 is 11.7 Å². The monoisotopic (exact) mass is 374 g/mol. The van der Waals surface area contributed by atoms with Gasteiger partial charge in [-0.15, -0.1) is 0 Å². The number of rotatable bonds is 5. The number of hydrogen-bond donors (Lipinski definition) is 0. The molecule has 140 valence electrons. The van der Waals surface area contributed by atoms with Gasteiger partial charge in [-0.3, -0.25) is 4.79 Å². The maximum absolute atomic E-state index is 12.7. The van der Waals surface area contributed by atoms with Crippen LogP contribution in [0.15, 0.2) is 65.3 Å². The largest absolute Gasteiger partial charge is 0.444 e. The van der Waals surface area contributed by atoms with Crippen LogP contribution in [0.1, 0.15) is 28.5 Å². The summed E-state index contributed by atoms with van der Waals surface area (Å²) >= 11 is 0. The zero-order chi connectivity index (χ0) is 19.4. The first-order chi connectivity index (χ1) is 12.9. The number of hydrogen-bond acceptors (Lipinski definition) is 3. The molecule has 3 aromatic rings. The maximum Gasteiger partial charge on any atom is 0.416 e. The van der Waals surface area contributed by atoms with Crippen LogP contribution in [0.3, 0.4) is 0 Å². The minimum atomic E-state index is -4.41. The van der Waals surface area contributed by atoms with Gasteiger partial charge >= 0.3 is 6.18 Å². The molecule has 1 amide bonds. The molecule has 1 aromatic heterocycles. The molecule has 0 fully saturated rings. The molecule has 0 N–H and O–H groups in total. The molecule has 0 aliphatic carbocycles. The Morgan fingerprint density at radius 2 is 1.74 bits per heavy atom. The van der Waals surface area contributed by atoms with Gasteiger partial charge in [0.05, 0.1) is 5.56 Å². The lowest BCUT2D eigenvalue weighted by atomic mass is 10.1. The number of amides is 1. The van der Waals surface area contributed by atoms with E-state index >= 15 is 0 Å². The molecular weight excluding hydrogens is 357 g/mol. The molecule has 2 aromatic carbocycles. The molecule has 0 spiro atoms. The van der Waals surface area contributed by atoms with Crippen molar-refractivity contribution in [3.05, 3.63) is 77.7 Å². The van der Waals surface area contributed by atoms with Crippen LogP contribution < -0.4 is 0 Å². The molecule has 7 heteroatoms. The third-order valence-electron chi connectivity index (χ3n) is 4.07. The van der Waals surface area contributed by atoms with E-state index in [0.717, 1.165) is 17.7 Å². The fraction of sp³-hybridized carbons (Fsp3) is 0.200. The lowest BCUT2D eigenvalue weighted by molar-refractivity contribution is -0.137. The second-order valence-corrected chi connectivity index (χ2v) is 5.92. The van der Waals surface area contributed by atoms with E-state index in [1.54, 1.807) is 4.90 Å². The van der Waals surface area contributed by atoms with Crippen LogP contribution in [-0.4, -0.2) is 22.3 Å².